The van der Waals surface area contributed by atoms with Gasteiger partial charge in [-0.2, -0.15) is 0 Å². The number of carbonyl (C=O) groups is 4. The van der Waals surface area contributed by atoms with Crippen LogP contribution in [0, 0.1) is 0 Å². The maximum absolute atomic E-state index is 12.8. The van der Waals surface area contributed by atoms with E-state index in [1.165, 1.54) is 22.4 Å². The highest BCUT2D eigenvalue weighted by Crippen LogP contribution is 2.30. The lowest BCUT2D eigenvalue weighted by atomic mass is 9.90. The number of ether oxygens (including phenoxy) is 1. The topological polar surface area (TPSA) is 105 Å². The molecule has 1 fully saturated rings. The fourth-order valence-electron chi connectivity index (χ4n) is 4.87. The third-order valence-electron chi connectivity index (χ3n) is 6.53. The molecule has 8 nitrogen and oxygen atoms in total. The Balaban J connectivity index is 1.22. The first-order valence-corrected chi connectivity index (χ1v) is 11.3. The highest BCUT2D eigenvalue weighted by Gasteiger charge is 2.39. The average molecular weight is 447 g/mol. The van der Waals surface area contributed by atoms with Gasteiger partial charge >= 0.3 is 0 Å². The third-order valence-corrected chi connectivity index (χ3v) is 6.53. The predicted molar refractivity (Wildman–Crippen MR) is 120 cm³/mol. The Kier molecular flexibility index (Phi) is 5.58. The first-order valence-electron chi connectivity index (χ1n) is 11.3. The Morgan fingerprint density at radius 1 is 1.06 bits per heavy atom. The van der Waals surface area contributed by atoms with Gasteiger partial charge < -0.3 is 15.0 Å². The maximum Gasteiger partial charge on any atom is 0.262 e. The Morgan fingerprint density at radius 2 is 1.91 bits per heavy atom. The molecule has 1 atom stereocenters. The molecule has 170 valence electrons. The summed E-state index contributed by atoms with van der Waals surface area (Å²) in [6.45, 7) is 0.118. The van der Waals surface area contributed by atoms with Gasteiger partial charge in [0.2, 0.25) is 11.8 Å². The fourth-order valence-corrected chi connectivity index (χ4v) is 4.87. The largest absolute Gasteiger partial charge is 0.484 e. The average Bonchev–Trinajstić information content (AvgIpc) is 3.13. The Hall–Kier alpha value is -3.68. The molecule has 0 radical (unpaired) electrons. The molecule has 2 aliphatic heterocycles. The van der Waals surface area contributed by atoms with Crippen molar-refractivity contribution in [2.45, 2.75) is 51.1 Å². The number of nitrogens with zero attached hydrogens (tertiary/aromatic N) is 1. The second-order valence-corrected chi connectivity index (χ2v) is 8.71. The third kappa shape index (κ3) is 4.20. The van der Waals surface area contributed by atoms with Gasteiger partial charge in [-0.3, -0.25) is 24.5 Å². The summed E-state index contributed by atoms with van der Waals surface area (Å²) >= 11 is 0. The summed E-state index contributed by atoms with van der Waals surface area (Å²) in [5.74, 6) is -0.751. The molecule has 1 aliphatic carbocycles. The summed E-state index contributed by atoms with van der Waals surface area (Å²) < 4.78 is 5.69. The lowest BCUT2D eigenvalue weighted by Gasteiger charge is -2.29. The number of fused-ring (bicyclic) bond motifs is 2. The van der Waals surface area contributed by atoms with Crippen molar-refractivity contribution in [2.75, 3.05) is 11.9 Å². The second kappa shape index (κ2) is 8.69. The van der Waals surface area contributed by atoms with E-state index in [9.17, 15) is 19.2 Å². The van der Waals surface area contributed by atoms with Crippen LogP contribution in [0.4, 0.5) is 5.69 Å². The second-order valence-electron chi connectivity index (χ2n) is 8.71. The number of hydrogen-bond acceptors (Lipinski definition) is 5. The van der Waals surface area contributed by atoms with Crippen LogP contribution in [0.15, 0.2) is 36.4 Å². The molecule has 1 saturated heterocycles. The number of rotatable bonds is 5. The highest BCUT2D eigenvalue weighted by molar-refractivity contribution is 6.05. The van der Waals surface area contributed by atoms with Crippen LogP contribution in [0.2, 0.25) is 0 Å². The van der Waals surface area contributed by atoms with Crippen molar-refractivity contribution in [3.63, 3.8) is 0 Å². The summed E-state index contributed by atoms with van der Waals surface area (Å²) in [6.07, 6.45) is 4.84. The summed E-state index contributed by atoms with van der Waals surface area (Å²) in [4.78, 5) is 50.4. The summed E-state index contributed by atoms with van der Waals surface area (Å²) in [5.41, 5.74) is 4.60. The number of amides is 4. The van der Waals surface area contributed by atoms with Crippen LogP contribution in [0.3, 0.4) is 0 Å². The number of nitrogens with one attached hydrogen (secondary N) is 2. The normalized spacial score (nSPS) is 19.6. The summed E-state index contributed by atoms with van der Waals surface area (Å²) in [7, 11) is 0. The molecule has 2 aromatic carbocycles. The van der Waals surface area contributed by atoms with E-state index in [1.54, 1.807) is 18.2 Å². The van der Waals surface area contributed by atoms with Crippen molar-refractivity contribution in [1.82, 2.24) is 10.2 Å². The van der Waals surface area contributed by atoms with Crippen LogP contribution in [0.1, 0.15) is 52.7 Å². The summed E-state index contributed by atoms with van der Waals surface area (Å²) in [5, 5.41) is 5.26. The van der Waals surface area contributed by atoms with E-state index in [2.05, 4.69) is 16.7 Å². The van der Waals surface area contributed by atoms with Crippen molar-refractivity contribution < 1.29 is 23.9 Å². The van der Waals surface area contributed by atoms with E-state index >= 15 is 0 Å². The van der Waals surface area contributed by atoms with Crippen molar-refractivity contribution in [1.29, 1.82) is 0 Å². The lowest BCUT2D eigenvalue weighted by molar-refractivity contribution is -0.137. The minimum absolute atomic E-state index is 0.146. The molecular formula is C25H25N3O5. The molecule has 8 heteroatoms. The number of anilines is 1. The molecule has 3 aliphatic rings. The van der Waals surface area contributed by atoms with Gasteiger partial charge in [-0.15, -0.1) is 0 Å². The van der Waals surface area contributed by atoms with Gasteiger partial charge in [0.25, 0.3) is 11.8 Å². The molecule has 0 saturated carbocycles. The van der Waals surface area contributed by atoms with Gasteiger partial charge in [0, 0.05) is 24.2 Å². The minimum atomic E-state index is -0.658. The Morgan fingerprint density at radius 3 is 2.76 bits per heavy atom. The van der Waals surface area contributed by atoms with Gasteiger partial charge in [0.15, 0.2) is 6.61 Å². The highest BCUT2D eigenvalue weighted by atomic mass is 16.5. The van der Waals surface area contributed by atoms with Crippen LogP contribution in [-0.4, -0.2) is 41.2 Å². The van der Waals surface area contributed by atoms with Gasteiger partial charge in [-0.25, -0.2) is 0 Å². The monoisotopic (exact) mass is 447 g/mol. The zero-order chi connectivity index (χ0) is 22.9. The molecular weight excluding hydrogens is 422 g/mol. The van der Waals surface area contributed by atoms with Crippen molar-refractivity contribution >= 4 is 29.3 Å². The zero-order valence-electron chi connectivity index (χ0n) is 18.2. The first-order chi connectivity index (χ1) is 16.0. The van der Waals surface area contributed by atoms with Crippen LogP contribution in [0.25, 0.3) is 0 Å². The van der Waals surface area contributed by atoms with Gasteiger partial charge in [-0.05, 0) is 73.1 Å². The standard InChI is InChI=1S/C25H25N3O5/c29-22-11-10-21(24(31)27-22)28-13-16-12-17(8-9-19(16)25(28)32)33-14-23(30)26-20-7-3-5-15-4-1-2-6-18(15)20/h3,5,7-9,12,21H,1-2,4,6,10-11,13-14H2,(H,26,30)(H,27,29,31). The van der Waals surface area contributed by atoms with Crippen molar-refractivity contribution in [3.8, 4) is 5.75 Å². The van der Waals surface area contributed by atoms with E-state index in [-0.39, 0.29) is 37.3 Å². The van der Waals surface area contributed by atoms with Crippen LogP contribution >= 0.6 is 0 Å². The molecule has 4 amide bonds. The Labute approximate surface area is 191 Å². The SMILES string of the molecule is O=C1CCC(N2Cc3cc(OCC(=O)Nc4cccc5c4CCCC5)ccc3C2=O)C(=O)N1. The van der Waals surface area contributed by atoms with Gasteiger partial charge in [-0.1, -0.05) is 12.1 Å². The van der Waals surface area contributed by atoms with Gasteiger partial charge in [0.1, 0.15) is 11.8 Å². The van der Waals surface area contributed by atoms with E-state index in [4.69, 9.17) is 4.74 Å². The quantitative estimate of drug-likeness (QED) is 0.685. The van der Waals surface area contributed by atoms with Crippen molar-refractivity contribution in [2.24, 2.45) is 0 Å². The number of carbonyl (C=O) groups excluding carboxylic acids is 4. The first kappa shape index (κ1) is 21.2. The molecule has 2 aromatic rings. The smallest absolute Gasteiger partial charge is 0.262 e. The molecule has 1 unspecified atom stereocenters. The molecule has 0 spiro atoms. The number of imide groups is 1. The maximum atomic E-state index is 12.8. The molecule has 5 rings (SSSR count). The van der Waals surface area contributed by atoms with E-state index in [1.807, 2.05) is 12.1 Å². The molecule has 2 heterocycles. The van der Waals surface area contributed by atoms with E-state index in [0.29, 0.717) is 17.7 Å². The molecule has 2 N–H and O–H groups in total. The van der Waals surface area contributed by atoms with Gasteiger partial charge in [0.05, 0.1) is 0 Å². The number of piperidine rings is 1. The number of hydrogen-bond donors (Lipinski definition) is 2. The molecule has 0 aromatic heterocycles. The predicted octanol–water partition coefficient (Wildman–Crippen LogP) is 2.34. The minimum Gasteiger partial charge on any atom is -0.484 e. The van der Waals surface area contributed by atoms with Crippen LogP contribution in [-0.2, 0) is 33.8 Å². The molecule has 33 heavy (non-hydrogen) atoms. The Bertz CT molecular complexity index is 1160. The fraction of sp³-hybridized carbons (Fsp3) is 0.360. The summed E-state index contributed by atoms with van der Waals surface area (Å²) in [6, 6.07) is 10.4. The van der Waals surface area contributed by atoms with Crippen LogP contribution < -0.4 is 15.4 Å². The zero-order valence-corrected chi connectivity index (χ0v) is 18.2. The van der Waals surface area contributed by atoms with Crippen molar-refractivity contribution in [3.05, 3.63) is 58.7 Å². The lowest BCUT2D eigenvalue weighted by Crippen LogP contribution is -2.52. The molecule has 0 bridgehead atoms. The number of aryl methyl sites for hydroxylation is 1. The van der Waals surface area contributed by atoms with Crippen LogP contribution in [0.5, 0.6) is 5.75 Å². The van der Waals surface area contributed by atoms with E-state index < -0.39 is 11.9 Å². The number of benzene rings is 2. The van der Waals surface area contributed by atoms with E-state index in [0.717, 1.165) is 30.5 Å².